The Hall–Kier alpha value is -2.90. The lowest BCUT2D eigenvalue weighted by molar-refractivity contribution is 0.0950. The van der Waals surface area contributed by atoms with Crippen LogP contribution >= 0.6 is 11.6 Å². The minimum atomic E-state index is -3.74. The van der Waals surface area contributed by atoms with Crippen molar-refractivity contribution < 1.29 is 13.2 Å². The summed E-state index contributed by atoms with van der Waals surface area (Å²) in [5.41, 5.74) is 2.35. The summed E-state index contributed by atoms with van der Waals surface area (Å²) < 4.78 is 26.9. The van der Waals surface area contributed by atoms with E-state index in [0.29, 0.717) is 28.4 Å². The third-order valence-corrected chi connectivity index (χ3v) is 6.46. The van der Waals surface area contributed by atoms with Gasteiger partial charge in [-0.05, 0) is 67.1 Å². The molecule has 2 aromatic carbocycles. The Labute approximate surface area is 175 Å². The van der Waals surface area contributed by atoms with Crippen molar-refractivity contribution in [1.82, 2.24) is 10.3 Å². The molecule has 0 bridgehead atoms. The first kappa shape index (κ1) is 20.8. The molecule has 0 aliphatic rings. The Kier molecular flexibility index (Phi) is 6.20. The Morgan fingerprint density at radius 1 is 1.10 bits per heavy atom. The summed E-state index contributed by atoms with van der Waals surface area (Å²) in [6.45, 7) is 2.07. The van der Waals surface area contributed by atoms with Gasteiger partial charge in [-0.1, -0.05) is 17.7 Å². The molecule has 1 amide bonds. The number of benzene rings is 2. The third kappa shape index (κ3) is 4.75. The van der Waals surface area contributed by atoms with Gasteiger partial charge in [0.2, 0.25) is 0 Å². The van der Waals surface area contributed by atoms with Gasteiger partial charge >= 0.3 is 0 Å². The average molecular weight is 430 g/mol. The van der Waals surface area contributed by atoms with Crippen LogP contribution < -0.4 is 9.62 Å². The third-order valence-electron chi connectivity index (χ3n) is 4.43. The molecule has 150 valence electrons. The predicted octanol–water partition coefficient (Wildman–Crippen LogP) is 3.80. The van der Waals surface area contributed by atoms with Gasteiger partial charge in [-0.15, -0.1) is 0 Å². The maximum absolute atomic E-state index is 12.9. The molecule has 0 saturated carbocycles. The van der Waals surface area contributed by atoms with Crippen LogP contribution in [-0.4, -0.2) is 26.4 Å². The Bertz CT molecular complexity index is 1120. The molecule has 0 fully saturated rings. The molecule has 0 aliphatic heterocycles. The van der Waals surface area contributed by atoms with Gasteiger partial charge in [0.25, 0.3) is 15.9 Å². The molecule has 3 rings (SSSR count). The van der Waals surface area contributed by atoms with Gasteiger partial charge in [-0.25, -0.2) is 8.42 Å². The second-order valence-electron chi connectivity index (χ2n) is 6.43. The highest BCUT2D eigenvalue weighted by molar-refractivity contribution is 7.92. The number of carbonyl (C=O) groups is 1. The fraction of sp³-hybridized carbons (Fsp3) is 0.143. The number of hydrogen-bond donors (Lipinski definition) is 1. The lowest BCUT2D eigenvalue weighted by Gasteiger charge is -2.22. The van der Waals surface area contributed by atoms with E-state index in [1.54, 1.807) is 31.3 Å². The number of amides is 1. The van der Waals surface area contributed by atoms with Gasteiger partial charge in [-0.2, -0.15) is 0 Å². The number of aryl methyl sites for hydroxylation is 1. The lowest BCUT2D eigenvalue weighted by atomic mass is 10.1. The SMILES string of the molecule is Cc1cc(C(=O)NCc2ccccn2)ccc1N(C)S(=O)(=O)c1ccc(Cl)cc1. The molecule has 3 aromatic rings. The first-order chi connectivity index (χ1) is 13.8. The summed E-state index contributed by atoms with van der Waals surface area (Å²) in [4.78, 5) is 16.7. The van der Waals surface area contributed by atoms with Gasteiger partial charge in [0, 0.05) is 23.8 Å². The number of anilines is 1. The van der Waals surface area contributed by atoms with E-state index in [1.165, 1.54) is 35.6 Å². The molecule has 0 atom stereocenters. The molecule has 0 unspecified atom stereocenters. The summed E-state index contributed by atoms with van der Waals surface area (Å²) >= 11 is 5.85. The quantitative estimate of drug-likeness (QED) is 0.646. The van der Waals surface area contributed by atoms with Crippen LogP contribution in [0.1, 0.15) is 21.6 Å². The molecule has 29 heavy (non-hydrogen) atoms. The van der Waals surface area contributed by atoms with E-state index in [-0.39, 0.29) is 10.8 Å². The van der Waals surface area contributed by atoms with Crippen molar-refractivity contribution in [3.63, 3.8) is 0 Å². The van der Waals surface area contributed by atoms with Crippen molar-refractivity contribution in [2.45, 2.75) is 18.4 Å². The van der Waals surface area contributed by atoms with Gasteiger partial charge in [0.05, 0.1) is 22.8 Å². The molecule has 1 N–H and O–H groups in total. The van der Waals surface area contributed by atoms with E-state index in [0.717, 1.165) is 5.69 Å². The highest BCUT2D eigenvalue weighted by Gasteiger charge is 2.23. The number of pyridine rings is 1. The number of sulfonamides is 1. The predicted molar refractivity (Wildman–Crippen MR) is 114 cm³/mol. The van der Waals surface area contributed by atoms with Crippen LogP contribution in [-0.2, 0) is 16.6 Å². The summed E-state index contributed by atoms with van der Waals surface area (Å²) in [5.74, 6) is -0.256. The zero-order valence-electron chi connectivity index (χ0n) is 16.0. The topological polar surface area (TPSA) is 79.4 Å². The monoisotopic (exact) mass is 429 g/mol. The Balaban J connectivity index is 1.78. The average Bonchev–Trinajstić information content (AvgIpc) is 2.72. The highest BCUT2D eigenvalue weighted by Crippen LogP contribution is 2.26. The Morgan fingerprint density at radius 3 is 2.45 bits per heavy atom. The molecule has 1 aromatic heterocycles. The van der Waals surface area contributed by atoms with E-state index in [2.05, 4.69) is 10.3 Å². The van der Waals surface area contributed by atoms with Crippen LogP contribution in [0.4, 0.5) is 5.69 Å². The molecule has 0 saturated heterocycles. The molecule has 0 spiro atoms. The van der Waals surface area contributed by atoms with E-state index in [9.17, 15) is 13.2 Å². The highest BCUT2D eigenvalue weighted by atomic mass is 35.5. The zero-order chi connectivity index (χ0) is 21.0. The molecule has 0 aliphatic carbocycles. The standard InChI is InChI=1S/C21H20ClN3O3S/c1-15-13-16(21(26)24-14-18-5-3-4-12-23-18)6-11-20(15)25(2)29(27,28)19-9-7-17(22)8-10-19/h3-13H,14H2,1-2H3,(H,24,26). The molecule has 6 nitrogen and oxygen atoms in total. The molecule has 1 heterocycles. The van der Waals surface area contributed by atoms with Crippen LogP contribution in [0.2, 0.25) is 5.02 Å². The molecular formula is C21H20ClN3O3S. The number of halogens is 1. The number of rotatable bonds is 6. The van der Waals surface area contributed by atoms with Crippen molar-refractivity contribution >= 4 is 33.2 Å². The van der Waals surface area contributed by atoms with E-state index in [1.807, 2.05) is 18.2 Å². The molecule has 0 radical (unpaired) electrons. The fourth-order valence-electron chi connectivity index (χ4n) is 2.82. The van der Waals surface area contributed by atoms with E-state index >= 15 is 0 Å². The second kappa shape index (κ2) is 8.63. The Morgan fingerprint density at radius 2 is 1.83 bits per heavy atom. The van der Waals surface area contributed by atoms with Gasteiger partial charge in [0.15, 0.2) is 0 Å². The van der Waals surface area contributed by atoms with Gasteiger partial charge in [0.1, 0.15) is 0 Å². The van der Waals surface area contributed by atoms with Crippen LogP contribution in [0.3, 0.4) is 0 Å². The fourth-order valence-corrected chi connectivity index (χ4v) is 4.21. The van der Waals surface area contributed by atoms with Crippen molar-refractivity contribution in [1.29, 1.82) is 0 Å². The number of carbonyl (C=O) groups excluding carboxylic acids is 1. The number of aromatic nitrogens is 1. The minimum Gasteiger partial charge on any atom is -0.346 e. The minimum absolute atomic E-state index is 0.140. The number of nitrogens with zero attached hydrogens (tertiary/aromatic N) is 2. The maximum Gasteiger partial charge on any atom is 0.264 e. The van der Waals surface area contributed by atoms with Crippen LogP contribution in [0, 0.1) is 6.92 Å². The van der Waals surface area contributed by atoms with Crippen molar-refractivity contribution in [3.8, 4) is 0 Å². The molecular weight excluding hydrogens is 410 g/mol. The number of hydrogen-bond acceptors (Lipinski definition) is 4. The summed E-state index contributed by atoms with van der Waals surface area (Å²) in [6.07, 6.45) is 1.66. The second-order valence-corrected chi connectivity index (χ2v) is 8.84. The van der Waals surface area contributed by atoms with Crippen LogP contribution in [0.5, 0.6) is 0 Å². The van der Waals surface area contributed by atoms with Crippen molar-refractivity contribution in [2.75, 3.05) is 11.4 Å². The maximum atomic E-state index is 12.9. The number of nitrogens with one attached hydrogen (secondary N) is 1. The van der Waals surface area contributed by atoms with Crippen LogP contribution in [0.15, 0.2) is 71.8 Å². The lowest BCUT2D eigenvalue weighted by Crippen LogP contribution is -2.28. The summed E-state index contributed by atoms with van der Waals surface area (Å²) in [6, 6.07) is 16.4. The van der Waals surface area contributed by atoms with Gasteiger partial charge in [-0.3, -0.25) is 14.1 Å². The first-order valence-electron chi connectivity index (χ1n) is 8.82. The van der Waals surface area contributed by atoms with Crippen molar-refractivity contribution in [2.24, 2.45) is 0 Å². The van der Waals surface area contributed by atoms with Crippen LogP contribution in [0.25, 0.3) is 0 Å². The summed E-state index contributed by atoms with van der Waals surface area (Å²) in [5, 5.41) is 3.27. The van der Waals surface area contributed by atoms with Crippen molar-refractivity contribution in [3.05, 3.63) is 88.7 Å². The zero-order valence-corrected chi connectivity index (χ0v) is 17.5. The molecule has 8 heteroatoms. The normalized spacial score (nSPS) is 11.1. The first-order valence-corrected chi connectivity index (χ1v) is 10.6. The summed E-state index contributed by atoms with van der Waals surface area (Å²) in [7, 11) is -2.27. The van der Waals surface area contributed by atoms with E-state index < -0.39 is 10.0 Å². The largest absolute Gasteiger partial charge is 0.346 e. The van der Waals surface area contributed by atoms with E-state index in [4.69, 9.17) is 11.6 Å². The smallest absolute Gasteiger partial charge is 0.264 e. The van der Waals surface area contributed by atoms with Gasteiger partial charge < -0.3 is 5.32 Å².